The molecule has 7 heteroatoms. The standard InChI is InChI=1S/C22H19ClN2O3S/c1-15-10-11-19(16(2)12-15)25-22(26)24(14-17-6-5-7-18(23)13-17)20-8-3-4-9-21(20)29(25,27)28/h3-13H,14H2,1-2H3. The molecule has 0 unspecified atom stereocenters. The Kier molecular flexibility index (Phi) is 4.84. The first-order valence-electron chi connectivity index (χ1n) is 9.06. The van der Waals surface area contributed by atoms with Gasteiger partial charge in [0.05, 0.1) is 17.9 Å². The highest BCUT2D eigenvalue weighted by atomic mass is 35.5. The van der Waals surface area contributed by atoms with Gasteiger partial charge in [0.2, 0.25) is 0 Å². The third-order valence-corrected chi connectivity index (χ3v) is 6.85. The Morgan fingerprint density at radius 2 is 1.66 bits per heavy atom. The zero-order chi connectivity index (χ0) is 20.8. The molecule has 3 aromatic carbocycles. The van der Waals surface area contributed by atoms with Gasteiger partial charge in [-0.25, -0.2) is 13.2 Å². The Morgan fingerprint density at radius 3 is 2.38 bits per heavy atom. The van der Waals surface area contributed by atoms with Crippen molar-refractivity contribution < 1.29 is 13.2 Å². The van der Waals surface area contributed by atoms with Crippen LogP contribution in [-0.2, 0) is 16.6 Å². The van der Waals surface area contributed by atoms with Crippen molar-refractivity contribution in [1.82, 2.24) is 0 Å². The van der Waals surface area contributed by atoms with Crippen LogP contribution in [0.3, 0.4) is 0 Å². The van der Waals surface area contributed by atoms with E-state index in [1.807, 2.05) is 19.1 Å². The molecule has 0 fully saturated rings. The fourth-order valence-electron chi connectivity index (χ4n) is 3.55. The van der Waals surface area contributed by atoms with Crippen LogP contribution in [0.5, 0.6) is 0 Å². The molecule has 0 atom stereocenters. The first kappa shape index (κ1) is 19.5. The highest BCUT2D eigenvalue weighted by Gasteiger charge is 2.42. The van der Waals surface area contributed by atoms with Gasteiger partial charge < -0.3 is 0 Å². The molecular formula is C22H19ClN2O3S. The fraction of sp³-hybridized carbons (Fsp3) is 0.136. The zero-order valence-electron chi connectivity index (χ0n) is 16.0. The van der Waals surface area contributed by atoms with Gasteiger partial charge in [-0.2, -0.15) is 4.31 Å². The van der Waals surface area contributed by atoms with Crippen LogP contribution in [0.25, 0.3) is 0 Å². The van der Waals surface area contributed by atoms with E-state index in [0.717, 1.165) is 15.4 Å². The normalized spacial score (nSPS) is 15.3. The predicted octanol–water partition coefficient (Wildman–Crippen LogP) is 5.29. The van der Waals surface area contributed by atoms with E-state index in [1.165, 1.54) is 11.0 Å². The zero-order valence-corrected chi connectivity index (χ0v) is 17.5. The smallest absolute Gasteiger partial charge is 0.287 e. The quantitative estimate of drug-likeness (QED) is 0.571. The molecule has 0 spiro atoms. The maximum atomic E-state index is 13.5. The van der Waals surface area contributed by atoms with Crippen molar-refractivity contribution in [2.75, 3.05) is 9.21 Å². The third kappa shape index (κ3) is 3.39. The van der Waals surface area contributed by atoms with E-state index in [2.05, 4.69) is 0 Å². The van der Waals surface area contributed by atoms with E-state index < -0.39 is 16.1 Å². The molecule has 1 aliphatic rings. The number of fused-ring (bicyclic) bond motifs is 1. The minimum atomic E-state index is -4.04. The molecule has 0 aromatic heterocycles. The van der Waals surface area contributed by atoms with Gasteiger partial charge in [0.15, 0.2) is 0 Å². The second-order valence-corrected chi connectivity index (χ2v) is 9.22. The summed E-state index contributed by atoms with van der Waals surface area (Å²) in [7, 11) is -4.04. The molecule has 2 amide bonds. The lowest BCUT2D eigenvalue weighted by molar-refractivity contribution is 0.253. The maximum absolute atomic E-state index is 13.5. The summed E-state index contributed by atoms with van der Waals surface area (Å²) < 4.78 is 27.6. The van der Waals surface area contributed by atoms with Gasteiger partial charge in [0.1, 0.15) is 4.90 Å². The number of benzene rings is 3. The highest BCUT2D eigenvalue weighted by Crippen LogP contribution is 2.39. The number of carbonyl (C=O) groups is 1. The van der Waals surface area contributed by atoms with E-state index in [0.29, 0.717) is 22.0 Å². The van der Waals surface area contributed by atoms with Crippen LogP contribution < -0.4 is 9.21 Å². The van der Waals surface area contributed by atoms with Crippen molar-refractivity contribution in [3.05, 3.63) is 88.4 Å². The van der Waals surface area contributed by atoms with E-state index in [-0.39, 0.29) is 11.4 Å². The topological polar surface area (TPSA) is 57.7 Å². The number of hydrogen-bond acceptors (Lipinski definition) is 3. The molecule has 0 aliphatic carbocycles. The molecule has 3 aromatic rings. The van der Waals surface area contributed by atoms with E-state index in [9.17, 15) is 13.2 Å². The Labute approximate surface area is 175 Å². The van der Waals surface area contributed by atoms with Crippen molar-refractivity contribution in [3.63, 3.8) is 0 Å². The molecule has 148 valence electrons. The number of sulfonamides is 1. The Hall–Kier alpha value is -2.83. The highest BCUT2D eigenvalue weighted by molar-refractivity contribution is 7.94. The lowest BCUT2D eigenvalue weighted by Crippen LogP contribution is -2.51. The number of nitrogens with zero attached hydrogens (tertiary/aromatic N) is 2. The van der Waals surface area contributed by atoms with Gasteiger partial charge in [-0.1, -0.05) is 53.6 Å². The third-order valence-electron chi connectivity index (χ3n) is 4.88. The molecule has 4 rings (SSSR count). The number of amides is 2. The summed E-state index contributed by atoms with van der Waals surface area (Å²) in [5.41, 5.74) is 3.22. The number of aryl methyl sites for hydroxylation is 2. The Morgan fingerprint density at radius 1 is 0.897 bits per heavy atom. The minimum absolute atomic E-state index is 0.0987. The molecule has 29 heavy (non-hydrogen) atoms. The van der Waals surface area contributed by atoms with E-state index in [1.54, 1.807) is 55.5 Å². The number of para-hydroxylation sites is 1. The number of urea groups is 1. The van der Waals surface area contributed by atoms with Crippen LogP contribution in [0.2, 0.25) is 5.02 Å². The van der Waals surface area contributed by atoms with Gasteiger partial charge in [0.25, 0.3) is 10.0 Å². The number of halogens is 1. The first-order chi connectivity index (χ1) is 13.8. The summed E-state index contributed by atoms with van der Waals surface area (Å²) in [4.78, 5) is 15.0. The largest absolute Gasteiger partial charge is 0.343 e. The summed E-state index contributed by atoms with van der Waals surface area (Å²) in [5, 5.41) is 0.555. The molecule has 1 aliphatic heterocycles. The van der Waals surface area contributed by atoms with Crippen LogP contribution in [0.4, 0.5) is 16.2 Å². The van der Waals surface area contributed by atoms with Crippen LogP contribution in [0.1, 0.15) is 16.7 Å². The minimum Gasteiger partial charge on any atom is -0.287 e. The van der Waals surface area contributed by atoms with Crippen LogP contribution >= 0.6 is 11.6 Å². The fourth-order valence-corrected chi connectivity index (χ4v) is 5.42. The summed E-state index contributed by atoms with van der Waals surface area (Å²) in [6.07, 6.45) is 0. The molecule has 1 heterocycles. The van der Waals surface area contributed by atoms with Gasteiger partial charge in [-0.15, -0.1) is 0 Å². The lowest BCUT2D eigenvalue weighted by Gasteiger charge is -2.36. The van der Waals surface area contributed by atoms with Crippen LogP contribution in [-0.4, -0.2) is 14.4 Å². The van der Waals surface area contributed by atoms with Gasteiger partial charge in [0, 0.05) is 5.02 Å². The molecule has 0 N–H and O–H groups in total. The van der Waals surface area contributed by atoms with Gasteiger partial charge in [-0.05, 0) is 55.3 Å². The van der Waals surface area contributed by atoms with Gasteiger partial charge in [-0.3, -0.25) is 4.90 Å². The lowest BCUT2D eigenvalue weighted by atomic mass is 10.1. The number of hydrogen-bond donors (Lipinski definition) is 0. The van der Waals surface area contributed by atoms with Gasteiger partial charge >= 0.3 is 6.03 Å². The average Bonchev–Trinajstić information content (AvgIpc) is 2.67. The SMILES string of the molecule is Cc1ccc(N2C(=O)N(Cc3cccc(Cl)c3)c3ccccc3S2(=O)=O)c(C)c1. The molecule has 0 saturated heterocycles. The van der Waals surface area contributed by atoms with Crippen molar-refractivity contribution >= 4 is 39.0 Å². The Balaban J connectivity index is 1.89. The summed E-state index contributed by atoms with van der Waals surface area (Å²) in [5.74, 6) is 0. The van der Waals surface area contributed by atoms with Crippen molar-refractivity contribution in [1.29, 1.82) is 0 Å². The molecule has 0 radical (unpaired) electrons. The summed E-state index contributed by atoms with van der Waals surface area (Å²) >= 11 is 6.09. The second kappa shape index (κ2) is 7.21. The number of rotatable bonds is 3. The van der Waals surface area contributed by atoms with E-state index in [4.69, 9.17) is 11.6 Å². The molecule has 5 nitrogen and oxygen atoms in total. The summed E-state index contributed by atoms with van der Waals surface area (Å²) in [6.45, 7) is 3.92. The van der Waals surface area contributed by atoms with Crippen LogP contribution in [0, 0.1) is 13.8 Å². The van der Waals surface area contributed by atoms with E-state index >= 15 is 0 Å². The first-order valence-corrected chi connectivity index (χ1v) is 10.9. The monoisotopic (exact) mass is 426 g/mol. The van der Waals surface area contributed by atoms with Crippen molar-refractivity contribution in [2.45, 2.75) is 25.3 Å². The van der Waals surface area contributed by atoms with Crippen LogP contribution in [0.15, 0.2) is 71.6 Å². The average molecular weight is 427 g/mol. The molecule has 0 saturated carbocycles. The molecule has 0 bridgehead atoms. The number of carbonyl (C=O) groups excluding carboxylic acids is 1. The maximum Gasteiger partial charge on any atom is 0.343 e. The number of anilines is 2. The predicted molar refractivity (Wildman–Crippen MR) is 115 cm³/mol. The molecular weight excluding hydrogens is 408 g/mol. The Bertz CT molecular complexity index is 1220. The van der Waals surface area contributed by atoms with Crippen molar-refractivity contribution in [3.8, 4) is 0 Å². The summed E-state index contributed by atoms with van der Waals surface area (Å²) in [6, 6.07) is 18.4. The van der Waals surface area contributed by atoms with Crippen molar-refractivity contribution in [2.24, 2.45) is 0 Å². The second-order valence-electron chi connectivity index (χ2n) is 7.03.